The number of aromatic nitrogens is 6. The smallest absolute Gasteiger partial charge is 0.367 e. The van der Waals surface area contributed by atoms with Crippen molar-refractivity contribution in [2.45, 2.75) is 32.5 Å². The highest BCUT2D eigenvalue weighted by molar-refractivity contribution is 5.95. The molecule has 164 valence electrons. The first kappa shape index (κ1) is 22.1. The Morgan fingerprint density at radius 3 is 2.48 bits per heavy atom. The number of halogens is 3. The summed E-state index contributed by atoms with van der Waals surface area (Å²) in [5.74, 6) is -0.148. The number of amides is 1. The van der Waals surface area contributed by atoms with Gasteiger partial charge >= 0.3 is 6.18 Å². The molecule has 3 heterocycles. The van der Waals surface area contributed by atoms with Crippen LogP contribution in [0.5, 0.6) is 0 Å². The molecule has 0 aliphatic heterocycles. The Bertz CT molecular complexity index is 1020. The summed E-state index contributed by atoms with van der Waals surface area (Å²) in [6, 6.07) is 3.20. The van der Waals surface area contributed by atoms with Crippen molar-refractivity contribution in [3.8, 4) is 5.69 Å². The zero-order chi connectivity index (χ0) is 22.6. The SMILES string of the molecule is CC[C@@H](CNc1cnc(C(F)(F)F)cn1)N(C)C(=O)c1nc(C)ccc1-n1nccn1. The number of carbonyl (C=O) groups is 1. The summed E-state index contributed by atoms with van der Waals surface area (Å²) in [6.07, 6.45) is 0.721. The second-order valence-corrected chi connectivity index (χ2v) is 6.78. The largest absolute Gasteiger partial charge is 0.434 e. The molecule has 9 nitrogen and oxygen atoms in total. The molecule has 3 aromatic rings. The minimum atomic E-state index is -4.55. The van der Waals surface area contributed by atoms with Gasteiger partial charge in [-0.2, -0.15) is 23.4 Å². The van der Waals surface area contributed by atoms with Crippen LogP contribution in [-0.4, -0.2) is 60.4 Å². The Balaban J connectivity index is 1.74. The van der Waals surface area contributed by atoms with E-state index in [9.17, 15) is 18.0 Å². The second kappa shape index (κ2) is 9.06. The maximum atomic E-state index is 13.2. The summed E-state index contributed by atoms with van der Waals surface area (Å²) in [6.45, 7) is 3.94. The standard InChI is InChI=1S/C19H21F3N8O/c1-4-13(9-24-16-11-23-15(10-25-16)19(20,21)22)29(3)18(31)17-14(6-5-12(2)28-17)30-26-7-8-27-30/h5-8,10-11,13H,4,9H2,1-3H3,(H,24,25)/t13-/m0/s1. The van der Waals surface area contributed by atoms with Gasteiger partial charge in [0.25, 0.3) is 5.91 Å². The van der Waals surface area contributed by atoms with Gasteiger partial charge in [-0.1, -0.05) is 6.92 Å². The predicted molar refractivity (Wildman–Crippen MR) is 106 cm³/mol. The molecule has 12 heteroatoms. The number of alkyl halides is 3. The molecule has 0 saturated heterocycles. The van der Waals surface area contributed by atoms with Gasteiger partial charge in [-0.15, -0.1) is 4.80 Å². The Morgan fingerprint density at radius 2 is 1.90 bits per heavy atom. The number of pyridine rings is 1. The van der Waals surface area contributed by atoms with Crippen molar-refractivity contribution in [1.29, 1.82) is 0 Å². The first-order valence-corrected chi connectivity index (χ1v) is 9.45. The van der Waals surface area contributed by atoms with Crippen LogP contribution in [0.4, 0.5) is 19.0 Å². The maximum absolute atomic E-state index is 13.2. The van der Waals surface area contributed by atoms with Crippen LogP contribution >= 0.6 is 0 Å². The van der Waals surface area contributed by atoms with E-state index in [4.69, 9.17) is 0 Å². The lowest BCUT2D eigenvalue weighted by atomic mass is 10.1. The fourth-order valence-corrected chi connectivity index (χ4v) is 2.88. The number of carbonyl (C=O) groups excluding carboxylic acids is 1. The maximum Gasteiger partial charge on any atom is 0.434 e. The van der Waals surface area contributed by atoms with E-state index >= 15 is 0 Å². The second-order valence-electron chi connectivity index (χ2n) is 6.78. The summed E-state index contributed by atoms with van der Waals surface area (Å²) >= 11 is 0. The van der Waals surface area contributed by atoms with Gasteiger partial charge in [-0.05, 0) is 25.5 Å². The summed E-state index contributed by atoms with van der Waals surface area (Å²) < 4.78 is 37.9. The van der Waals surface area contributed by atoms with Crippen molar-refractivity contribution < 1.29 is 18.0 Å². The minimum Gasteiger partial charge on any atom is -0.367 e. The highest BCUT2D eigenvalue weighted by Gasteiger charge is 2.32. The monoisotopic (exact) mass is 434 g/mol. The molecule has 0 aliphatic carbocycles. The van der Waals surface area contributed by atoms with Gasteiger partial charge in [0.1, 0.15) is 11.5 Å². The Labute approximate surface area is 176 Å². The number of anilines is 1. The van der Waals surface area contributed by atoms with E-state index in [0.717, 1.165) is 6.20 Å². The number of rotatable bonds is 7. The molecule has 3 aromatic heterocycles. The van der Waals surface area contributed by atoms with Crippen LogP contribution in [0.15, 0.2) is 36.9 Å². The molecule has 0 fully saturated rings. The van der Waals surface area contributed by atoms with E-state index in [1.165, 1.54) is 22.1 Å². The molecular weight excluding hydrogens is 413 g/mol. The van der Waals surface area contributed by atoms with Crippen molar-refractivity contribution in [3.63, 3.8) is 0 Å². The van der Waals surface area contributed by atoms with Gasteiger partial charge in [0.05, 0.1) is 24.8 Å². The Hall–Kier alpha value is -3.57. The molecule has 1 amide bonds. The third kappa shape index (κ3) is 5.13. The Morgan fingerprint density at radius 1 is 1.19 bits per heavy atom. The zero-order valence-electron chi connectivity index (χ0n) is 17.1. The fourth-order valence-electron chi connectivity index (χ4n) is 2.88. The molecular formula is C19H21F3N8O. The number of hydrogen-bond acceptors (Lipinski definition) is 7. The third-order valence-electron chi connectivity index (χ3n) is 4.65. The average Bonchev–Trinajstić information content (AvgIpc) is 3.27. The van der Waals surface area contributed by atoms with E-state index in [2.05, 4.69) is 30.5 Å². The van der Waals surface area contributed by atoms with E-state index in [1.807, 2.05) is 6.92 Å². The van der Waals surface area contributed by atoms with Crippen LogP contribution in [0.3, 0.4) is 0 Å². The number of aryl methyl sites for hydroxylation is 1. The van der Waals surface area contributed by atoms with E-state index < -0.39 is 11.9 Å². The van der Waals surface area contributed by atoms with Crippen molar-refractivity contribution in [2.75, 3.05) is 18.9 Å². The van der Waals surface area contributed by atoms with Gasteiger partial charge in [0.15, 0.2) is 11.4 Å². The van der Waals surface area contributed by atoms with E-state index in [1.54, 1.807) is 26.1 Å². The lowest BCUT2D eigenvalue weighted by Gasteiger charge is -2.28. The van der Waals surface area contributed by atoms with Gasteiger partial charge in [-0.25, -0.2) is 15.0 Å². The van der Waals surface area contributed by atoms with Crippen LogP contribution < -0.4 is 5.32 Å². The minimum absolute atomic E-state index is 0.183. The van der Waals surface area contributed by atoms with Crippen molar-refractivity contribution in [3.05, 3.63) is 54.0 Å². The molecule has 0 saturated carbocycles. The molecule has 1 atom stereocenters. The fraction of sp³-hybridized carbons (Fsp3) is 0.368. The highest BCUT2D eigenvalue weighted by Crippen LogP contribution is 2.27. The lowest BCUT2D eigenvalue weighted by molar-refractivity contribution is -0.141. The number of hydrogen-bond donors (Lipinski definition) is 1. The molecule has 0 bridgehead atoms. The first-order chi connectivity index (χ1) is 14.7. The van der Waals surface area contributed by atoms with Gasteiger partial charge in [-0.3, -0.25) is 4.79 Å². The third-order valence-corrected chi connectivity index (χ3v) is 4.65. The molecule has 0 aliphatic rings. The predicted octanol–water partition coefficient (Wildman–Crippen LogP) is 2.74. The quantitative estimate of drug-likeness (QED) is 0.610. The van der Waals surface area contributed by atoms with Crippen molar-refractivity contribution in [1.82, 2.24) is 34.8 Å². The van der Waals surface area contributed by atoms with E-state index in [0.29, 0.717) is 24.0 Å². The van der Waals surface area contributed by atoms with Crippen LogP contribution in [0.1, 0.15) is 35.2 Å². The average molecular weight is 434 g/mol. The summed E-state index contributed by atoms with van der Waals surface area (Å²) in [5.41, 5.74) is 0.247. The van der Waals surface area contributed by atoms with Gasteiger partial charge in [0, 0.05) is 25.3 Å². The van der Waals surface area contributed by atoms with Crippen LogP contribution in [0.2, 0.25) is 0 Å². The van der Waals surface area contributed by atoms with Crippen molar-refractivity contribution >= 4 is 11.7 Å². The molecule has 0 aromatic carbocycles. The lowest BCUT2D eigenvalue weighted by Crippen LogP contribution is -2.42. The number of nitrogens with one attached hydrogen (secondary N) is 1. The summed E-state index contributed by atoms with van der Waals surface area (Å²) in [7, 11) is 1.64. The van der Waals surface area contributed by atoms with Crippen molar-refractivity contribution in [2.24, 2.45) is 0 Å². The van der Waals surface area contributed by atoms with Crippen LogP contribution in [0.25, 0.3) is 5.69 Å². The molecule has 31 heavy (non-hydrogen) atoms. The Kier molecular flexibility index (Phi) is 6.47. The first-order valence-electron chi connectivity index (χ1n) is 9.45. The highest BCUT2D eigenvalue weighted by atomic mass is 19.4. The van der Waals surface area contributed by atoms with E-state index in [-0.39, 0.29) is 30.0 Å². The normalized spacial score (nSPS) is 12.5. The van der Waals surface area contributed by atoms with Gasteiger partial charge < -0.3 is 10.2 Å². The topological polar surface area (TPSA) is 102 Å². The zero-order valence-corrected chi connectivity index (χ0v) is 17.1. The van der Waals surface area contributed by atoms with Crippen LogP contribution in [-0.2, 0) is 6.18 Å². The molecule has 1 N–H and O–H groups in total. The molecule has 0 unspecified atom stereocenters. The molecule has 0 radical (unpaired) electrons. The summed E-state index contributed by atoms with van der Waals surface area (Å²) in [5, 5.41) is 11.1. The molecule has 0 spiro atoms. The number of nitrogens with zero attached hydrogens (tertiary/aromatic N) is 7. The molecule has 3 rings (SSSR count). The van der Waals surface area contributed by atoms with Crippen LogP contribution in [0, 0.1) is 6.92 Å². The van der Waals surface area contributed by atoms with Gasteiger partial charge in [0.2, 0.25) is 0 Å². The summed E-state index contributed by atoms with van der Waals surface area (Å²) in [4.78, 5) is 27.5. The number of likely N-dealkylation sites (N-methyl/N-ethyl adjacent to an activating group) is 1.